The first-order valence-corrected chi connectivity index (χ1v) is 5.62. The molecule has 1 aromatic heterocycles. The van der Waals surface area contributed by atoms with Crippen LogP contribution in [0.5, 0.6) is 0 Å². The summed E-state index contributed by atoms with van der Waals surface area (Å²) >= 11 is 1.62. The minimum absolute atomic E-state index is 0.0545. The number of amides is 1. The second-order valence-corrected chi connectivity index (χ2v) is 3.91. The van der Waals surface area contributed by atoms with Gasteiger partial charge >= 0.3 is 5.97 Å². The number of hydrogen-bond acceptors (Lipinski definition) is 3. The van der Waals surface area contributed by atoms with E-state index >= 15 is 0 Å². The number of hydrogen-bond donors (Lipinski definition) is 2. The molecule has 82 valence electrons. The van der Waals surface area contributed by atoms with E-state index in [2.05, 4.69) is 5.32 Å². The zero-order valence-corrected chi connectivity index (χ0v) is 9.05. The average Bonchev–Trinajstić information content (AvgIpc) is 2.67. The van der Waals surface area contributed by atoms with Gasteiger partial charge in [0, 0.05) is 13.0 Å². The maximum atomic E-state index is 11.1. The second-order valence-electron chi connectivity index (χ2n) is 3.13. The molecule has 0 spiro atoms. The Morgan fingerprint density at radius 1 is 1.40 bits per heavy atom. The van der Waals surface area contributed by atoms with Crippen LogP contribution in [-0.4, -0.2) is 23.5 Å². The Balaban J connectivity index is 2.09. The molecule has 1 rings (SSSR count). The maximum absolute atomic E-state index is 11.1. The lowest BCUT2D eigenvalue weighted by Crippen LogP contribution is -2.25. The van der Waals surface area contributed by atoms with Gasteiger partial charge < -0.3 is 10.4 Å². The molecule has 1 heterocycles. The van der Waals surface area contributed by atoms with Crippen molar-refractivity contribution in [3.05, 3.63) is 22.4 Å². The highest BCUT2D eigenvalue weighted by molar-refractivity contribution is 7.07. The summed E-state index contributed by atoms with van der Waals surface area (Å²) in [6, 6.07) is 2.01. The molecule has 0 aliphatic heterocycles. The molecule has 0 bridgehead atoms. The summed E-state index contributed by atoms with van der Waals surface area (Å²) in [7, 11) is 0. The van der Waals surface area contributed by atoms with Gasteiger partial charge in [0.25, 0.3) is 0 Å². The SMILES string of the molecule is O=C(O)CCC(=O)NCCc1ccsc1. The van der Waals surface area contributed by atoms with Crippen LogP contribution in [0.25, 0.3) is 0 Å². The van der Waals surface area contributed by atoms with Crippen molar-refractivity contribution in [1.29, 1.82) is 0 Å². The smallest absolute Gasteiger partial charge is 0.303 e. The third-order valence-corrected chi connectivity index (χ3v) is 2.61. The summed E-state index contributed by atoms with van der Waals surface area (Å²) < 4.78 is 0. The van der Waals surface area contributed by atoms with Gasteiger partial charge in [0.1, 0.15) is 0 Å². The average molecular weight is 227 g/mol. The molecule has 5 heteroatoms. The van der Waals surface area contributed by atoms with Crippen LogP contribution in [0.4, 0.5) is 0 Å². The van der Waals surface area contributed by atoms with Crippen molar-refractivity contribution in [2.45, 2.75) is 19.3 Å². The van der Waals surface area contributed by atoms with Gasteiger partial charge in [-0.25, -0.2) is 0 Å². The number of thiophene rings is 1. The van der Waals surface area contributed by atoms with E-state index in [-0.39, 0.29) is 18.7 Å². The molecule has 0 unspecified atom stereocenters. The van der Waals surface area contributed by atoms with Gasteiger partial charge in [0.05, 0.1) is 6.42 Å². The Labute approximate surface area is 91.9 Å². The standard InChI is InChI=1S/C10H13NO3S/c12-9(1-2-10(13)14)11-5-3-8-4-6-15-7-8/h4,6-7H,1-3,5H2,(H,11,12)(H,13,14). The Morgan fingerprint density at radius 2 is 2.20 bits per heavy atom. The number of carbonyl (C=O) groups is 2. The fourth-order valence-corrected chi connectivity index (χ4v) is 1.79. The molecule has 0 atom stereocenters. The van der Waals surface area contributed by atoms with Gasteiger partial charge in [-0.15, -0.1) is 0 Å². The quantitative estimate of drug-likeness (QED) is 0.769. The summed E-state index contributed by atoms with van der Waals surface area (Å²) in [4.78, 5) is 21.3. The lowest BCUT2D eigenvalue weighted by molar-refractivity contribution is -0.138. The first-order valence-electron chi connectivity index (χ1n) is 4.68. The Kier molecular flexibility index (Phi) is 4.83. The molecule has 0 saturated heterocycles. The van der Waals surface area contributed by atoms with Crippen molar-refractivity contribution >= 4 is 23.2 Å². The normalized spacial score (nSPS) is 9.87. The topological polar surface area (TPSA) is 66.4 Å². The molecule has 1 aromatic rings. The summed E-state index contributed by atoms with van der Waals surface area (Å²) in [5.74, 6) is -1.14. The molecule has 0 aliphatic rings. The Bertz CT molecular complexity index is 321. The van der Waals surface area contributed by atoms with E-state index in [1.54, 1.807) is 11.3 Å². The zero-order chi connectivity index (χ0) is 11.1. The Morgan fingerprint density at radius 3 is 2.80 bits per heavy atom. The van der Waals surface area contributed by atoms with E-state index in [0.717, 1.165) is 6.42 Å². The van der Waals surface area contributed by atoms with Crippen molar-refractivity contribution in [1.82, 2.24) is 5.32 Å². The van der Waals surface area contributed by atoms with Gasteiger partial charge in [-0.2, -0.15) is 11.3 Å². The predicted octanol–water partition coefficient (Wildman–Crippen LogP) is 1.27. The summed E-state index contributed by atoms with van der Waals surface area (Å²) in [6.45, 7) is 0.565. The van der Waals surface area contributed by atoms with Crippen LogP contribution in [0.2, 0.25) is 0 Å². The van der Waals surface area contributed by atoms with Crippen LogP contribution >= 0.6 is 11.3 Å². The minimum atomic E-state index is -0.942. The minimum Gasteiger partial charge on any atom is -0.481 e. The molecule has 4 nitrogen and oxygen atoms in total. The monoisotopic (exact) mass is 227 g/mol. The first kappa shape index (κ1) is 11.7. The van der Waals surface area contributed by atoms with Gasteiger partial charge in [0.15, 0.2) is 0 Å². The second kappa shape index (κ2) is 6.19. The van der Waals surface area contributed by atoms with Crippen LogP contribution in [-0.2, 0) is 16.0 Å². The number of aliphatic carboxylic acids is 1. The van der Waals surface area contributed by atoms with E-state index in [9.17, 15) is 9.59 Å². The molecule has 1 amide bonds. The van der Waals surface area contributed by atoms with Crippen molar-refractivity contribution < 1.29 is 14.7 Å². The largest absolute Gasteiger partial charge is 0.481 e. The number of carbonyl (C=O) groups excluding carboxylic acids is 1. The van der Waals surface area contributed by atoms with Crippen LogP contribution in [0.15, 0.2) is 16.8 Å². The van der Waals surface area contributed by atoms with E-state index in [0.29, 0.717) is 6.54 Å². The van der Waals surface area contributed by atoms with Crippen molar-refractivity contribution in [3.8, 4) is 0 Å². The third kappa shape index (κ3) is 5.17. The molecule has 2 N–H and O–H groups in total. The van der Waals surface area contributed by atoms with Gasteiger partial charge in [0.2, 0.25) is 5.91 Å². The van der Waals surface area contributed by atoms with Crippen molar-refractivity contribution in [2.24, 2.45) is 0 Å². The van der Waals surface area contributed by atoms with Gasteiger partial charge in [-0.1, -0.05) is 0 Å². The number of carboxylic acid groups (broad SMARTS) is 1. The van der Waals surface area contributed by atoms with E-state index in [4.69, 9.17) is 5.11 Å². The summed E-state index contributed by atoms with van der Waals surface area (Å²) in [5.41, 5.74) is 1.19. The number of carboxylic acids is 1. The lowest BCUT2D eigenvalue weighted by Gasteiger charge is -2.02. The highest BCUT2D eigenvalue weighted by Gasteiger charge is 2.04. The molecule has 0 radical (unpaired) electrons. The van der Waals surface area contributed by atoms with Crippen LogP contribution < -0.4 is 5.32 Å². The van der Waals surface area contributed by atoms with E-state index in [1.807, 2.05) is 16.8 Å². The fourth-order valence-electron chi connectivity index (χ4n) is 1.09. The molecular weight excluding hydrogens is 214 g/mol. The van der Waals surface area contributed by atoms with Crippen LogP contribution in [0.3, 0.4) is 0 Å². The summed E-state index contributed by atoms with van der Waals surface area (Å²) in [5, 5.41) is 15.1. The lowest BCUT2D eigenvalue weighted by atomic mass is 10.2. The number of nitrogens with one attached hydrogen (secondary N) is 1. The number of rotatable bonds is 6. The van der Waals surface area contributed by atoms with Crippen molar-refractivity contribution in [3.63, 3.8) is 0 Å². The van der Waals surface area contributed by atoms with E-state index in [1.165, 1.54) is 5.56 Å². The molecule has 0 aliphatic carbocycles. The van der Waals surface area contributed by atoms with Crippen LogP contribution in [0.1, 0.15) is 18.4 Å². The molecule has 0 aromatic carbocycles. The van der Waals surface area contributed by atoms with E-state index < -0.39 is 5.97 Å². The summed E-state index contributed by atoms with van der Waals surface area (Å²) in [6.07, 6.45) is 0.742. The predicted molar refractivity (Wildman–Crippen MR) is 57.9 cm³/mol. The molecule has 0 fully saturated rings. The first-order chi connectivity index (χ1) is 7.18. The van der Waals surface area contributed by atoms with Gasteiger partial charge in [-0.3, -0.25) is 9.59 Å². The highest BCUT2D eigenvalue weighted by Crippen LogP contribution is 2.05. The third-order valence-electron chi connectivity index (χ3n) is 1.88. The highest BCUT2D eigenvalue weighted by atomic mass is 32.1. The fraction of sp³-hybridized carbons (Fsp3) is 0.400. The molecule has 15 heavy (non-hydrogen) atoms. The molecular formula is C10H13NO3S. The van der Waals surface area contributed by atoms with Crippen LogP contribution in [0, 0.1) is 0 Å². The van der Waals surface area contributed by atoms with Gasteiger partial charge in [-0.05, 0) is 28.8 Å². The molecule has 0 saturated carbocycles. The Hall–Kier alpha value is -1.36. The zero-order valence-electron chi connectivity index (χ0n) is 8.23. The maximum Gasteiger partial charge on any atom is 0.303 e. The van der Waals surface area contributed by atoms with Crippen molar-refractivity contribution in [2.75, 3.05) is 6.54 Å².